The van der Waals surface area contributed by atoms with Gasteiger partial charge in [0.25, 0.3) is 0 Å². The Morgan fingerprint density at radius 2 is 1.17 bits per heavy atom. The van der Waals surface area contributed by atoms with Crippen molar-refractivity contribution in [3.05, 3.63) is 137 Å². The Kier molecular flexibility index (Phi) is 5.59. The zero-order chi connectivity index (χ0) is 24.7. The van der Waals surface area contributed by atoms with Crippen LogP contribution in [0.2, 0.25) is 0 Å². The van der Waals surface area contributed by atoms with Crippen molar-refractivity contribution >= 4 is 32.5 Å². The van der Waals surface area contributed by atoms with E-state index in [0.717, 1.165) is 33.8 Å². The van der Waals surface area contributed by atoms with Gasteiger partial charge in [0.2, 0.25) is 9.84 Å². The van der Waals surface area contributed by atoms with E-state index < -0.39 is 15.9 Å². The molecule has 2 bridgehead atoms. The number of fused-ring (bicyclic) bond motifs is 2. The maximum atomic E-state index is 13.7. The van der Waals surface area contributed by atoms with Gasteiger partial charge in [0.1, 0.15) is 12.2 Å². The summed E-state index contributed by atoms with van der Waals surface area (Å²) in [5.74, 6) is 0. The van der Waals surface area contributed by atoms with Crippen LogP contribution in [0, 0.1) is 6.92 Å². The lowest BCUT2D eigenvalue weighted by atomic mass is 9.97. The minimum Gasteiger partial charge on any atom is -0.357 e. The van der Waals surface area contributed by atoms with Crippen LogP contribution in [-0.4, -0.2) is 20.6 Å². The Balaban J connectivity index is 1.43. The molecule has 2 unspecified atom stereocenters. The second-order valence-electron chi connectivity index (χ2n) is 9.01. The van der Waals surface area contributed by atoms with Gasteiger partial charge in [-0.15, -0.1) is 0 Å². The highest BCUT2D eigenvalue weighted by molar-refractivity contribution is 7.95. The number of sulfone groups is 1. The summed E-state index contributed by atoms with van der Waals surface area (Å²) in [6.45, 7) is 1.94. The highest BCUT2D eigenvalue weighted by Gasteiger charge is 2.43. The smallest absolute Gasteiger partial charge is 0.206 e. The fourth-order valence-corrected chi connectivity index (χ4v) is 6.61. The third-order valence-electron chi connectivity index (χ3n) is 6.65. The largest absolute Gasteiger partial charge is 0.357 e. The first-order chi connectivity index (χ1) is 17.5. The molecule has 2 aliphatic heterocycles. The van der Waals surface area contributed by atoms with E-state index in [4.69, 9.17) is 4.74 Å². The van der Waals surface area contributed by atoms with Crippen molar-refractivity contribution in [2.24, 2.45) is 0 Å². The maximum Gasteiger partial charge on any atom is 0.206 e. The molecule has 0 radical (unpaired) electrons. The molecule has 2 heterocycles. The third-order valence-corrected chi connectivity index (χ3v) is 8.57. The molecule has 0 spiro atoms. The molecular formula is C31H25NO3S. The van der Waals surface area contributed by atoms with E-state index >= 15 is 0 Å². The third kappa shape index (κ3) is 3.87. The zero-order valence-electron chi connectivity index (χ0n) is 19.8. The van der Waals surface area contributed by atoms with Crippen molar-refractivity contribution < 1.29 is 13.2 Å². The van der Waals surface area contributed by atoms with E-state index in [1.54, 1.807) is 12.1 Å². The summed E-state index contributed by atoms with van der Waals surface area (Å²) in [6.07, 6.45) is 2.87. The van der Waals surface area contributed by atoms with Gasteiger partial charge in [0.15, 0.2) is 0 Å². The van der Waals surface area contributed by atoms with Gasteiger partial charge >= 0.3 is 0 Å². The van der Waals surface area contributed by atoms with Gasteiger partial charge in [-0.05, 0) is 61.0 Å². The fourth-order valence-electron chi connectivity index (χ4n) is 4.90. The summed E-state index contributed by atoms with van der Waals surface area (Å²) in [5, 5.41) is 0. The van der Waals surface area contributed by atoms with E-state index in [1.165, 1.54) is 0 Å². The Labute approximate surface area is 211 Å². The van der Waals surface area contributed by atoms with Crippen molar-refractivity contribution in [3.63, 3.8) is 0 Å². The fraction of sp³-hybridized carbons (Fsp3) is 0.0968. The average molecular weight is 492 g/mol. The lowest BCUT2D eigenvalue weighted by Crippen LogP contribution is -2.15. The molecule has 0 saturated heterocycles. The Bertz CT molecular complexity index is 1520. The van der Waals surface area contributed by atoms with Crippen LogP contribution in [0.4, 0.5) is 17.1 Å². The minimum absolute atomic E-state index is 0.293. The summed E-state index contributed by atoms with van der Waals surface area (Å²) in [6, 6.07) is 35.4. The highest BCUT2D eigenvalue weighted by Crippen LogP contribution is 2.45. The number of para-hydroxylation sites is 2. The van der Waals surface area contributed by atoms with Gasteiger partial charge in [-0.1, -0.05) is 78.4 Å². The predicted octanol–water partition coefficient (Wildman–Crippen LogP) is 6.99. The van der Waals surface area contributed by atoms with Crippen LogP contribution < -0.4 is 4.90 Å². The molecular weight excluding hydrogens is 466 g/mol. The summed E-state index contributed by atoms with van der Waals surface area (Å²) in [4.78, 5) is 2.81. The Morgan fingerprint density at radius 1 is 0.639 bits per heavy atom. The van der Waals surface area contributed by atoms with Gasteiger partial charge in [-0.25, -0.2) is 8.42 Å². The highest BCUT2D eigenvalue weighted by atomic mass is 32.2. The van der Waals surface area contributed by atoms with Crippen molar-refractivity contribution in [1.29, 1.82) is 0 Å². The van der Waals surface area contributed by atoms with Gasteiger partial charge < -0.3 is 9.64 Å². The van der Waals surface area contributed by atoms with Crippen molar-refractivity contribution in [1.82, 2.24) is 0 Å². The Hall–Kier alpha value is -3.93. The lowest BCUT2D eigenvalue weighted by Gasteiger charge is -2.25. The molecule has 4 aromatic rings. The molecule has 2 atom stereocenters. The van der Waals surface area contributed by atoms with E-state index in [9.17, 15) is 8.42 Å². The van der Waals surface area contributed by atoms with Gasteiger partial charge in [0, 0.05) is 22.6 Å². The Morgan fingerprint density at radius 3 is 1.75 bits per heavy atom. The quantitative estimate of drug-likeness (QED) is 0.273. The number of rotatable bonds is 6. The summed E-state index contributed by atoms with van der Waals surface area (Å²) in [7, 11) is -3.70. The second-order valence-corrected chi connectivity index (χ2v) is 10.9. The molecule has 6 rings (SSSR count). The minimum atomic E-state index is -3.70. The van der Waals surface area contributed by atoms with Crippen LogP contribution in [-0.2, 0) is 14.6 Å². The number of aryl methyl sites for hydroxylation is 1. The van der Waals surface area contributed by atoms with Crippen LogP contribution in [0.3, 0.4) is 0 Å². The number of anilines is 3. The normalized spacial score (nSPS) is 18.6. The zero-order valence-corrected chi connectivity index (χ0v) is 20.6. The molecule has 2 aliphatic rings. The van der Waals surface area contributed by atoms with Crippen molar-refractivity contribution in [2.45, 2.75) is 24.0 Å². The van der Waals surface area contributed by atoms with E-state index in [1.807, 2.05) is 91.9 Å². The van der Waals surface area contributed by atoms with Crippen LogP contribution in [0.15, 0.2) is 131 Å². The van der Waals surface area contributed by atoms with E-state index in [2.05, 4.69) is 29.2 Å². The van der Waals surface area contributed by atoms with Gasteiger partial charge in [-0.3, -0.25) is 0 Å². The van der Waals surface area contributed by atoms with Crippen molar-refractivity contribution in [2.75, 3.05) is 4.90 Å². The molecule has 0 fully saturated rings. The molecule has 36 heavy (non-hydrogen) atoms. The predicted molar refractivity (Wildman–Crippen MR) is 144 cm³/mol. The topological polar surface area (TPSA) is 46.6 Å². The summed E-state index contributed by atoms with van der Waals surface area (Å²) < 4.78 is 33.4. The lowest BCUT2D eigenvalue weighted by molar-refractivity contribution is 0.138. The number of hydrogen-bond acceptors (Lipinski definition) is 4. The summed E-state index contributed by atoms with van der Waals surface area (Å²) >= 11 is 0. The first-order valence-electron chi connectivity index (χ1n) is 11.9. The van der Waals surface area contributed by atoms with Gasteiger partial charge in [0.05, 0.1) is 9.80 Å². The summed E-state index contributed by atoms with van der Waals surface area (Å²) in [5.41, 5.74) is 5.67. The molecule has 0 aliphatic carbocycles. The molecule has 5 heteroatoms. The van der Waals surface area contributed by atoms with Crippen LogP contribution in [0.1, 0.15) is 11.1 Å². The average Bonchev–Trinajstić information content (AvgIpc) is 3.53. The maximum absolute atomic E-state index is 13.7. The number of nitrogens with zero attached hydrogens (tertiary/aromatic N) is 1. The molecule has 0 N–H and O–H groups in total. The number of hydrogen-bond donors (Lipinski definition) is 0. The molecule has 178 valence electrons. The molecule has 0 saturated carbocycles. The number of benzene rings is 4. The van der Waals surface area contributed by atoms with Crippen LogP contribution in [0.5, 0.6) is 0 Å². The van der Waals surface area contributed by atoms with E-state index in [-0.39, 0.29) is 6.10 Å². The molecule has 0 amide bonds. The monoisotopic (exact) mass is 491 g/mol. The first kappa shape index (κ1) is 22.5. The van der Waals surface area contributed by atoms with E-state index in [0.29, 0.717) is 9.80 Å². The van der Waals surface area contributed by atoms with Crippen LogP contribution >= 0.6 is 0 Å². The first-order valence-corrected chi connectivity index (χ1v) is 13.4. The van der Waals surface area contributed by atoms with Crippen LogP contribution in [0.25, 0.3) is 5.57 Å². The second kappa shape index (κ2) is 8.94. The SMILES string of the molecule is Cc1ccc(S(=O)(=O)C2=C(c3ccc(N(c4ccccc4)c4ccccc4)cc3)C3C=CC2O3)cc1. The number of ether oxygens (including phenoxy) is 1. The van der Waals surface area contributed by atoms with Crippen molar-refractivity contribution in [3.8, 4) is 0 Å². The molecule has 0 aromatic heterocycles. The molecule has 4 aromatic carbocycles. The van der Waals surface area contributed by atoms with Gasteiger partial charge in [-0.2, -0.15) is 0 Å². The molecule has 4 nitrogen and oxygen atoms in total. The standard InChI is InChI=1S/C31H25NO3S/c1-22-12-18-27(19-13-22)36(33,34)31-29-21-20-28(35-29)30(31)23-14-16-26(17-15-23)32(24-8-4-2-5-9-24)25-10-6-3-7-11-25/h2-21,28-29H,1H3.